The number of ether oxygens (including phenoxy) is 2. The molecule has 0 aliphatic heterocycles. The molecule has 0 aromatic heterocycles. The summed E-state index contributed by atoms with van der Waals surface area (Å²) < 4.78 is 34.8. The number of carbonyl (C=O) groups excluding carboxylic acids is 1. The van der Waals surface area contributed by atoms with Crippen LogP contribution in [0, 0.1) is 0 Å². The van der Waals surface area contributed by atoms with E-state index in [0.29, 0.717) is 24.1 Å². The van der Waals surface area contributed by atoms with Crippen molar-refractivity contribution in [2.75, 3.05) is 54.1 Å². The Morgan fingerprint density at radius 2 is 0.800 bits per heavy atom. The van der Waals surface area contributed by atoms with Crippen LogP contribution in [0.5, 0.6) is 0 Å². The molecule has 0 aromatic carbocycles. The van der Waals surface area contributed by atoms with Crippen LogP contribution in [0.4, 0.5) is 0 Å². The van der Waals surface area contributed by atoms with Gasteiger partial charge in [0.1, 0.15) is 19.3 Å². The highest BCUT2D eigenvalue weighted by Gasteiger charge is 2.20. The van der Waals surface area contributed by atoms with Crippen LogP contribution in [0.25, 0.3) is 0 Å². The summed E-state index contributed by atoms with van der Waals surface area (Å²) in [5.41, 5.74) is 0. The molecule has 0 aromatic rings. The summed E-state index contributed by atoms with van der Waals surface area (Å²) in [6.45, 7) is 5.47. The van der Waals surface area contributed by atoms with Gasteiger partial charge in [0.05, 0.1) is 34.4 Å². The van der Waals surface area contributed by atoms with Gasteiger partial charge in [-0.2, -0.15) is 0 Å². The molecule has 0 rings (SSSR count). The first kappa shape index (κ1) is 64.2. The second kappa shape index (κ2) is 49.7. The lowest BCUT2D eigenvalue weighted by Crippen LogP contribution is -2.37. The molecule has 0 radical (unpaired) electrons. The number of carbonyl (C=O) groups is 1. The minimum absolute atomic E-state index is 0.0290. The molecule has 0 aliphatic carbocycles. The third-order valence-corrected chi connectivity index (χ3v) is 13.8. The lowest BCUT2D eigenvalue weighted by molar-refractivity contribution is -0.870. The molecule has 2 atom stereocenters. The van der Waals surface area contributed by atoms with Crippen molar-refractivity contribution >= 4 is 13.8 Å². The first-order valence-corrected chi connectivity index (χ1v) is 29.9. The molecule has 0 bridgehead atoms. The van der Waals surface area contributed by atoms with E-state index in [2.05, 4.69) is 26.0 Å². The Hall–Kier alpha value is -0.760. The molecule has 0 saturated carbocycles. The normalized spacial score (nSPS) is 13.5. The van der Waals surface area contributed by atoms with Crippen LogP contribution in [-0.2, 0) is 27.9 Å². The zero-order chi connectivity index (χ0) is 47.6. The van der Waals surface area contributed by atoms with E-state index in [1.165, 1.54) is 231 Å². The molecule has 8 nitrogen and oxygen atoms in total. The molecule has 0 aliphatic rings. The lowest BCUT2D eigenvalue weighted by atomic mass is 10.0. The van der Waals surface area contributed by atoms with Crippen molar-refractivity contribution in [1.82, 2.24) is 0 Å². The van der Waals surface area contributed by atoms with Gasteiger partial charge in [-0.25, -0.2) is 0 Å². The quantitative estimate of drug-likeness (QED) is 0.0197. The molecule has 9 heteroatoms. The molecule has 0 fully saturated rings. The maximum Gasteiger partial charge on any atom is 0.306 e. The average Bonchev–Trinajstić information content (AvgIpc) is 3.27. The van der Waals surface area contributed by atoms with Crippen molar-refractivity contribution in [2.24, 2.45) is 0 Å². The van der Waals surface area contributed by atoms with Crippen LogP contribution in [0.15, 0.2) is 12.2 Å². The molecule has 0 saturated heterocycles. The van der Waals surface area contributed by atoms with Crippen LogP contribution in [0.1, 0.15) is 284 Å². The standard InChI is InChI=1S/C56H112NO7P/c1-6-8-10-12-14-16-18-20-22-24-25-26-27-28-29-30-31-32-34-36-38-40-42-44-46-48-51-61-53-55(54-63-65(59,60)62-52-50-57(3,4)5)64-56(58)49-47-45-43-41-39-37-35-33-23-21-19-17-15-13-11-9-7-2/h21,23,55H,6-20,22,24-54H2,1-5H3/b23-21-. The van der Waals surface area contributed by atoms with Crippen LogP contribution < -0.4 is 4.89 Å². The number of rotatable bonds is 54. The van der Waals surface area contributed by atoms with E-state index in [-0.39, 0.29) is 25.8 Å². The first-order chi connectivity index (χ1) is 31.6. The van der Waals surface area contributed by atoms with E-state index in [0.717, 1.165) is 32.1 Å². The van der Waals surface area contributed by atoms with Gasteiger partial charge >= 0.3 is 5.97 Å². The monoisotopic (exact) mass is 942 g/mol. The molecule has 65 heavy (non-hydrogen) atoms. The van der Waals surface area contributed by atoms with Gasteiger partial charge < -0.3 is 27.9 Å². The van der Waals surface area contributed by atoms with Crippen molar-refractivity contribution in [2.45, 2.75) is 290 Å². The van der Waals surface area contributed by atoms with Crippen LogP contribution >= 0.6 is 7.82 Å². The maximum absolute atomic E-state index is 12.8. The van der Waals surface area contributed by atoms with Crippen LogP contribution in [0.3, 0.4) is 0 Å². The number of phosphoric ester groups is 1. The number of unbranched alkanes of at least 4 members (excludes halogenated alkanes) is 38. The summed E-state index contributed by atoms with van der Waals surface area (Å²) in [4.78, 5) is 25.2. The van der Waals surface area contributed by atoms with E-state index in [4.69, 9.17) is 18.5 Å². The first-order valence-electron chi connectivity index (χ1n) is 28.4. The Balaban J connectivity index is 4.00. The molecule has 0 spiro atoms. The highest BCUT2D eigenvalue weighted by molar-refractivity contribution is 7.45. The van der Waals surface area contributed by atoms with E-state index in [1.807, 2.05) is 21.1 Å². The van der Waals surface area contributed by atoms with Gasteiger partial charge in [0, 0.05) is 13.0 Å². The molecule has 0 amide bonds. The molecule has 2 unspecified atom stereocenters. The Kier molecular flexibility index (Phi) is 49.1. The van der Waals surface area contributed by atoms with E-state index >= 15 is 0 Å². The van der Waals surface area contributed by atoms with Gasteiger partial charge in [-0.05, 0) is 38.5 Å². The third kappa shape index (κ3) is 54.1. The zero-order valence-electron chi connectivity index (χ0n) is 44.2. The van der Waals surface area contributed by atoms with Crippen LogP contribution in [-0.4, -0.2) is 70.7 Å². The molecule has 0 heterocycles. The largest absolute Gasteiger partial charge is 0.756 e. The summed E-state index contributed by atoms with van der Waals surface area (Å²) in [5, 5.41) is 0. The Labute approximate surface area is 405 Å². The van der Waals surface area contributed by atoms with E-state index < -0.39 is 13.9 Å². The number of phosphoric acid groups is 1. The fourth-order valence-electron chi connectivity index (χ4n) is 8.43. The number of esters is 1. The van der Waals surface area contributed by atoms with E-state index in [9.17, 15) is 14.3 Å². The highest BCUT2D eigenvalue weighted by atomic mass is 31.2. The number of quaternary nitrogens is 1. The summed E-state index contributed by atoms with van der Waals surface area (Å²) in [6, 6.07) is 0. The summed E-state index contributed by atoms with van der Waals surface area (Å²) in [7, 11) is 1.37. The fraction of sp³-hybridized carbons (Fsp3) is 0.946. The number of hydrogen-bond donors (Lipinski definition) is 0. The minimum Gasteiger partial charge on any atom is -0.756 e. The fourth-order valence-corrected chi connectivity index (χ4v) is 9.16. The second-order valence-electron chi connectivity index (χ2n) is 20.7. The minimum atomic E-state index is -4.53. The summed E-state index contributed by atoms with van der Waals surface area (Å²) in [5.74, 6) is -0.332. The highest BCUT2D eigenvalue weighted by Crippen LogP contribution is 2.38. The Bertz CT molecular complexity index is 1050. The number of nitrogens with zero attached hydrogens (tertiary/aromatic N) is 1. The summed E-state index contributed by atoms with van der Waals surface area (Å²) in [6.07, 6.45) is 58.3. The number of hydrogen-bond acceptors (Lipinski definition) is 7. The van der Waals surface area contributed by atoms with Crippen molar-refractivity contribution in [1.29, 1.82) is 0 Å². The van der Waals surface area contributed by atoms with Gasteiger partial charge in [0.15, 0.2) is 0 Å². The predicted octanol–water partition coefficient (Wildman–Crippen LogP) is 17.1. The maximum atomic E-state index is 12.8. The van der Waals surface area contributed by atoms with Crippen molar-refractivity contribution in [3.8, 4) is 0 Å². The van der Waals surface area contributed by atoms with Crippen molar-refractivity contribution in [3.63, 3.8) is 0 Å². The Morgan fingerprint density at radius 3 is 1.17 bits per heavy atom. The number of likely N-dealkylation sites (N-methyl/N-ethyl adjacent to an activating group) is 1. The van der Waals surface area contributed by atoms with Crippen molar-refractivity contribution in [3.05, 3.63) is 12.2 Å². The second-order valence-corrected chi connectivity index (χ2v) is 22.1. The van der Waals surface area contributed by atoms with Gasteiger partial charge in [-0.3, -0.25) is 9.36 Å². The number of allylic oxidation sites excluding steroid dienone is 2. The van der Waals surface area contributed by atoms with Gasteiger partial charge in [-0.15, -0.1) is 0 Å². The average molecular weight is 942 g/mol. The zero-order valence-corrected chi connectivity index (χ0v) is 45.1. The Morgan fingerprint density at radius 1 is 0.462 bits per heavy atom. The smallest absolute Gasteiger partial charge is 0.306 e. The third-order valence-electron chi connectivity index (χ3n) is 12.8. The topological polar surface area (TPSA) is 94.1 Å². The van der Waals surface area contributed by atoms with E-state index in [1.54, 1.807) is 0 Å². The molecule has 0 N–H and O–H groups in total. The lowest BCUT2D eigenvalue weighted by Gasteiger charge is -2.28. The van der Waals surface area contributed by atoms with Crippen LogP contribution in [0.2, 0.25) is 0 Å². The van der Waals surface area contributed by atoms with Gasteiger partial charge in [0.25, 0.3) is 7.82 Å². The molecular weight excluding hydrogens is 830 g/mol. The molecular formula is C56H112NO7P. The SMILES string of the molecule is CCCCCCCC/C=C\CCCCCCCCCC(=O)OC(COCCCCCCCCCCCCCCCCCCCCCCCCCCCC)COP(=O)([O-])OCC[N+](C)(C)C. The van der Waals surface area contributed by atoms with Gasteiger partial charge in [-0.1, -0.05) is 251 Å². The van der Waals surface area contributed by atoms with Gasteiger partial charge in [0.2, 0.25) is 0 Å². The predicted molar refractivity (Wildman–Crippen MR) is 278 cm³/mol. The summed E-state index contributed by atoms with van der Waals surface area (Å²) >= 11 is 0. The molecule has 388 valence electrons. The van der Waals surface area contributed by atoms with Crippen molar-refractivity contribution < 1.29 is 37.3 Å².